The Kier molecular flexibility index (Phi) is 7.84. The minimum absolute atomic E-state index is 0.687. The van der Waals surface area contributed by atoms with Crippen molar-refractivity contribution in [2.45, 2.75) is 20.3 Å². The van der Waals surface area contributed by atoms with Crippen LogP contribution in [0.1, 0.15) is 20.3 Å². The molecule has 2 heteroatoms. The first kappa shape index (κ1) is 17.5. The van der Waals surface area contributed by atoms with Crippen LogP contribution in [-0.4, -0.2) is 37.2 Å². The molecule has 0 heterocycles. The van der Waals surface area contributed by atoms with Crippen molar-refractivity contribution < 1.29 is 4.48 Å². The van der Waals surface area contributed by atoms with Crippen LogP contribution in [0.4, 0.5) is 5.69 Å². The molecule has 0 unspecified atom stereocenters. The highest BCUT2D eigenvalue weighted by atomic mass is 15.3. The Labute approximate surface area is 130 Å². The monoisotopic (exact) mass is 287 g/mol. The van der Waals surface area contributed by atoms with E-state index in [4.69, 9.17) is 0 Å². The van der Waals surface area contributed by atoms with Crippen molar-refractivity contribution in [3.8, 4) is 0 Å². The summed E-state index contributed by atoms with van der Waals surface area (Å²) in [7, 11) is 0. The topological polar surface area (TPSA) is 12.0 Å². The van der Waals surface area contributed by atoms with Crippen molar-refractivity contribution in [3.05, 3.63) is 55.6 Å². The first-order valence-corrected chi connectivity index (χ1v) is 7.98. The van der Waals surface area contributed by atoms with Gasteiger partial charge in [0.25, 0.3) is 0 Å². The molecule has 2 nitrogen and oxygen atoms in total. The quantitative estimate of drug-likeness (QED) is 0.363. The number of hydrogen-bond donors (Lipinski definition) is 1. The molecule has 0 radical (unpaired) electrons. The zero-order chi connectivity index (χ0) is 15.6. The normalized spacial score (nSPS) is 11.4. The van der Waals surface area contributed by atoms with Gasteiger partial charge in [-0.3, -0.25) is 0 Å². The number of rotatable bonds is 11. The third-order valence-corrected chi connectivity index (χ3v) is 3.70. The highest BCUT2D eigenvalue weighted by Gasteiger charge is 2.25. The smallest absolute Gasteiger partial charge is 0.0973 e. The summed E-state index contributed by atoms with van der Waals surface area (Å²) < 4.78 is 1.07. The summed E-state index contributed by atoms with van der Waals surface area (Å²) in [5, 5.41) is 3.49. The van der Waals surface area contributed by atoms with E-state index in [2.05, 4.69) is 68.7 Å². The molecule has 116 valence electrons. The maximum atomic E-state index is 3.95. The Bertz CT molecular complexity index is 399. The second-order valence-corrected chi connectivity index (χ2v) is 6.23. The van der Waals surface area contributed by atoms with Gasteiger partial charge in [-0.2, -0.15) is 0 Å². The first-order valence-electron chi connectivity index (χ1n) is 7.98. The van der Waals surface area contributed by atoms with E-state index in [9.17, 15) is 0 Å². The minimum Gasteiger partial charge on any atom is -0.385 e. The Morgan fingerprint density at radius 3 is 2.24 bits per heavy atom. The van der Waals surface area contributed by atoms with Crippen LogP contribution in [0.3, 0.4) is 0 Å². The molecule has 0 aromatic heterocycles. The standard InChI is InChI=1S/C19H31N2/c1-5-14-21(15-6-2,17-18(3)4)16-10-13-20-19-11-8-7-9-12-19/h5-9,11-12,18,20H,1-2,10,13-17H2,3-4H3/q+1. The van der Waals surface area contributed by atoms with Crippen molar-refractivity contribution >= 4 is 5.69 Å². The van der Waals surface area contributed by atoms with Crippen LogP contribution in [0.2, 0.25) is 0 Å². The van der Waals surface area contributed by atoms with E-state index in [0.717, 1.165) is 37.1 Å². The molecule has 21 heavy (non-hydrogen) atoms. The molecule has 0 fully saturated rings. The van der Waals surface area contributed by atoms with Gasteiger partial charge in [-0.25, -0.2) is 0 Å². The van der Waals surface area contributed by atoms with Crippen LogP contribution < -0.4 is 5.32 Å². The van der Waals surface area contributed by atoms with E-state index in [1.165, 1.54) is 12.2 Å². The van der Waals surface area contributed by atoms with E-state index in [0.29, 0.717) is 5.92 Å². The molecule has 0 aliphatic heterocycles. The van der Waals surface area contributed by atoms with Crippen molar-refractivity contribution in [2.75, 3.05) is 38.0 Å². The highest BCUT2D eigenvalue weighted by Crippen LogP contribution is 2.14. The maximum Gasteiger partial charge on any atom is 0.0973 e. The number of hydrogen-bond acceptors (Lipinski definition) is 1. The summed E-state index contributed by atoms with van der Waals surface area (Å²) in [4.78, 5) is 0. The lowest BCUT2D eigenvalue weighted by atomic mass is 10.1. The first-order chi connectivity index (χ1) is 10.1. The average Bonchev–Trinajstić information content (AvgIpc) is 2.45. The van der Waals surface area contributed by atoms with Gasteiger partial charge in [0.1, 0.15) is 0 Å². The lowest BCUT2D eigenvalue weighted by Crippen LogP contribution is -2.51. The van der Waals surface area contributed by atoms with Crippen LogP contribution in [0, 0.1) is 5.92 Å². The summed E-state index contributed by atoms with van der Waals surface area (Å²) in [6, 6.07) is 10.4. The van der Waals surface area contributed by atoms with Crippen molar-refractivity contribution in [1.29, 1.82) is 0 Å². The molecule has 0 amide bonds. The maximum absolute atomic E-state index is 3.95. The van der Waals surface area contributed by atoms with Gasteiger partial charge in [0.05, 0.1) is 26.2 Å². The minimum atomic E-state index is 0.687. The zero-order valence-electron chi connectivity index (χ0n) is 13.7. The molecular weight excluding hydrogens is 256 g/mol. The summed E-state index contributed by atoms with van der Waals surface area (Å²) in [5.41, 5.74) is 1.20. The Morgan fingerprint density at radius 2 is 1.71 bits per heavy atom. The summed E-state index contributed by atoms with van der Waals surface area (Å²) in [6.07, 6.45) is 5.26. The van der Waals surface area contributed by atoms with Gasteiger partial charge in [0, 0.05) is 24.6 Å². The fraction of sp³-hybridized carbons (Fsp3) is 0.474. The molecule has 0 saturated carbocycles. The third kappa shape index (κ3) is 6.63. The van der Waals surface area contributed by atoms with Crippen molar-refractivity contribution in [2.24, 2.45) is 5.92 Å². The van der Waals surface area contributed by atoms with E-state index in [1.54, 1.807) is 0 Å². The van der Waals surface area contributed by atoms with E-state index in [-0.39, 0.29) is 0 Å². The van der Waals surface area contributed by atoms with Crippen molar-refractivity contribution in [3.63, 3.8) is 0 Å². The zero-order valence-corrected chi connectivity index (χ0v) is 13.7. The number of nitrogens with one attached hydrogen (secondary N) is 1. The van der Waals surface area contributed by atoms with Crippen LogP contribution in [-0.2, 0) is 0 Å². The molecule has 1 N–H and O–H groups in total. The largest absolute Gasteiger partial charge is 0.385 e. The molecule has 0 spiro atoms. The number of anilines is 1. The molecule has 0 bridgehead atoms. The fourth-order valence-corrected chi connectivity index (χ4v) is 3.02. The van der Waals surface area contributed by atoms with Crippen LogP contribution in [0.15, 0.2) is 55.6 Å². The molecule has 1 rings (SSSR count). The van der Waals surface area contributed by atoms with E-state index < -0.39 is 0 Å². The number of benzene rings is 1. The van der Waals surface area contributed by atoms with Gasteiger partial charge >= 0.3 is 0 Å². The van der Waals surface area contributed by atoms with Crippen LogP contribution >= 0.6 is 0 Å². The second-order valence-electron chi connectivity index (χ2n) is 6.23. The predicted octanol–water partition coefficient (Wildman–Crippen LogP) is 4.33. The van der Waals surface area contributed by atoms with Crippen LogP contribution in [0.5, 0.6) is 0 Å². The fourth-order valence-electron chi connectivity index (χ4n) is 3.02. The molecular formula is C19H31N2+. The van der Waals surface area contributed by atoms with Gasteiger partial charge in [-0.1, -0.05) is 45.2 Å². The van der Waals surface area contributed by atoms with Gasteiger partial charge in [0.15, 0.2) is 0 Å². The van der Waals surface area contributed by atoms with Gasteiger partial charge in [-0.05, 0) is 24.3 Å². The third-order valence-electron chi connectivity index (χ3n) is 3.70. The molecule has 1 aromatic rings. The van der Waals surface area contributed by atoms with Crippen molar-refractivity contribution in [1.82, 2.24) is 0 Å². The Morgan fingerprint density at radius 1 is 1.10 bits per heavy atom. The Balaban J connectivity index is 2.51. The number of nitrogens with zero attached hydrogens (tertiary/aromatic N) is 1. The van der Waals surface area contributed by atoms with E-state index >= 15 is 0 Å². The number of quaternary nitrogens is 1. The number of para-hydroxylation sites is 1. The average molecular weight is 287 g/mol. The second kappa shape index (κ2) is 9.41. The SMILES string of the molecule is C=CC[N+](CC=C)(CCCNc1ccccc1)CC(C)C. The van der Waals surface area contributed by atoms with Crippen LogP contribution in [0.25, 0.3) is 0 Å². The molecule has 0 atom stereocenters. The predicted molar refractivity (Wildman–Crippen MR) is 94.5 cm³/mol. The lowest BCUT2D eigenvalue weighted by Gasteiger charge is -2.38. The molecule has 1 aromatic carbocycles. The van der Waals surface area contributed by atoms with Gasteiger partial charge < -0.3 is 9.80 Å². The molecule has 0 aliphatic rings. The summed E-state index contributed by atoms with van der Waals surface area (Å²) in [6.45, 7) is 17.9. The lowest BCUT2D eigenvalue weighted by molar-refractivity contribution is -0.920. The van der Waals surface area contributed by atoms with Gasteiger partial charge in [0.2, 0.25) is 0 Å². The molecule has 0 saturated heterocycles. The summed E-state index contributed by atoms with van der Waals surface area (Å²) >= 11 is 0. The molecule has 0 aliphatic carbocycles. The van der Waals surface area contributed by atoms with Gasteiger partial charge in [-0.15, -0.1) is 0 Å². The summed E-state index contributed by atoms with van der Waals surface area (Å²) in [5.74, 6) is 0.687. The Hall–Kier alpha value is -1.54. The highest BCUT2D eigenvalue weighted by molar-refractivity contribution is 5.42. The van der Waals surface area contributed by atoms with E-state index in [1.807, 2.05) is 6.07 Å².